The second-order valence-corrected chi connectivity index (χ2v) is 4.10. The lowest BCUT2D eigenvalue weighted by Crippen LogP contribution is -2.39. The smallest absolute Gasteiger partial charge is 0.312 e. The summed E-state index contributed by atoms with van der Waals surface area (Å²) in [6, 6.07) is 5.78. The molecule has 0 aromatic carbocycles. The second kappa shape index (κ2) is 6.99. The van der Waals surface area contributed by atoms with Gasteiger partial charge in [0.2, 0.25) is 0 Å². The number of aliphatic carboxylic acids is 1. The summed E-state index contributed by atoms with van der Waals surface area (Å²) in [5.74, 6) is -0.952. The zero-order valence-electron chi connectivity index (χ0n) is 9.80. The van der Waals surface area contributed by atoms with Gasteiger partial charge in [-0.15, -0.1) is 0 Å². The molecule has 16 heavy (non-hydrogen) atoms. The van der Waals surface area contributed by atoms with Gasteiger partial charge in [-0.25, -0.2) is 4.57 Å². The molecule has 1 atom stereocenters. The minimum atomic E-state index is -0.688. The van der Waals surface area contributed by atoms with Gasteiger partial charge >= 0.3 is 5.97 Å². The SMILES string of the molecule is CCCCCC(C[n+]1ccccc1)C(=O)O. The van der Waals surface area contributed by atoms with Crippen molar-refractivity contribution >= 4 is 5.97 Å². The minimum Gasteiger partial charge on any atom is -0.481 e. The van der Waals surface area contributed by atoms with Crippen molar-refractivity contribution in [3.8, 4) is 0 Å². The lowest BCUT2D eigenvalue weighted by molar-refractivity contribution is -0.701. The van der Waals surface area contributed by atoms with Gasteiger partial charge in [-0.1, -0.05) is 32.3 Å². The third kappa shape index (κ3) is 4.43. The number of hydrogen-bond acceptors (Lipinski definition) is 1. The lowest BCUT2D eigenvalue weighted by Gasteiger charge is -2.08. The number of aromatic nitrogens is 1. The highest BCUT2D eigenvalue weighted by Crippen LogP contribution is 2.10. The molecule has 0 radical (unpaired) electrons. The fourth-order valence-corrected chi connectivity index (χ4v) is 1.74. The average molecular weight is 222 g/mol. The monoisotopic (exact) mass is 222 g/mol. The highest BCUT2D eigenvalue weighted by Gasteiger charge is 2.21. The molecule has 1 rings (SSSR count). The normalized spacial score (nSPS) is 12.3. The van der Waals surface area contributed by atoms with Crippen LogP contribution >= 0.6 is 0 Å². The van der Waals surface area contributed by atoms with Crippen molar-refractivity contribution in [2.45, 2.75) is 39.2 Å². The van der Waals surface area contributed by atoms with Gasteiger partial charge in [0.1, 0.15) is 5.92 Å². The number of carboxylic acids is 1. The van der Waals surface area contributed by atoms with Crippen LogP contribution in [0.25, 0.3) is 0 Å². The third-order valence-electron chi connectivity index (χ3n) is 2.71. The topological polar surface area (TPSA) is 41.2 Å². The van der Waals surface area contributed by atoms with E-state index in [0.29, 0.717) is 6.54 Å². The molecule has 0 aliphatic rings. The Hall–Kier alpha value is -1.38. The number of carboxylic acid groups (broad SMARTS) is 1. The van der Waals surface area contributed by atoms with E-state index in [9.17, 15) is 4.79 Å². The summed E-state index contributed by atoms with van der Waals surface area (Å²) >= 11 is 0. The van der Waals surface area contributed by atoms with E-state index < -0.39 is 5.97 Å². The van der Waals surface area contributed by atoms with Crippen molar-refractivity contribution in [1.29, 1.82) is 0 Å². The molecule has 0 aliphatic carbocycles. The Labute approximate surface area is 96.7 Å². The molecule has 0 aliphatic heterocycles. The van der Waals surface area contributed by atoms with Crippen LogP contribution in [-0.4, -0.2) is 11.1 Å². The van der Waals surface area contributed by atoms with E-state index in [1.807, 2.05) is 35.2 Å². The molecular formula is C13H20NO2+. The maximum atomic E-state index is 11.1. The van der Waals surface area contributed by atoms with E-state index >= 15 is 0 Å². The highest BCUT2D eigenvalue weighted by molar-refractivity contribution is 5.69. The quantitative estimate of drug-likeness (QED) is 0.568. The van der Waals surface area contributed by atoms with Gasteiger partial charge in [-0.05, 0) is 6.42 Å². The summed E-state index contributed by atoms with van der Waals surface area (Å²) in [6.45, 7) is 2.70. The van der Waals surface area contributed by atoms with Gasteiger partial charge in [0.15, 0.2) is 18.9 Å². The molecule has 0 saturated carbocycles. The predicted molar refractivity (Wildman–Crippen MR) is 61.9 cm³/mol. The second-order valence-electron chi connectivity index (χ2n) is 4.10. The van der Waals surface area contributed by atoms with E-state index in [1.54, 1.807) is 0 Å². The first-order chi connectivity index (χ1) is 7.74. The van der Waals surface area contributed by atoms with Crippen LogP contribution in [0.15, 0.2) is 30.6 Å². The summed E-state index contributed by atoms with van der Waals surface area (Å²) in [6.07, 6.45) is 7.84. The van der Waals surface area contributed by atoms with Crippen LogP contribution in [0.3, 0.4) is 0 Å². The van der Waals surface area contributed by atoms with E-state index in [4.69, 9.17) is 5.11 Å². The van der Waals surface area contributed by atoms with Gasteiger partial charge in [0, 0.05) is 12.1 Å². The fraction of sp³-hybridized carbons (Fsp3) is 0.538. The summed E-state index contributed by atoms with van der Waals surface area (Å²) in [7, 11) is 0. The Kier molecular flexibility index (Phi) is 5.54. The fourth-order valence-electron chi connectivity index (χ4n) is 1.74. The van der Waals surface area contributed by atoms with Crippen molar-refractivity contribution < 1.29 is 14.5 Å². The molecule has 0 amide bonds. The third-order valence-corrected chi connectivity index (χ3v) is 2.71. The van der Waals surface area contributed by atoms with Crippen LogP contribution in [0.5, 0.6) is 0 Å². The number of carbonyl (C=O) groups is 1. The predicted octanol–water partition coefficient (Wildman–Crippen LogP) is 2.26. The Morgan fingerprint density at radius 1 is 1.25 bits per heavy atom. The molecule has 1 N–H and O–H groups in total. The van der Waals surface area contributed by atoms with Gasteiger partial charge in [0.25, 0.3) is 0 Å². The number of pyridine rings is 1. The average Bonchev–Trinajstić information content (AvgIpc) is 2.29. The molecule has 1 aromatic heterocycles. The summed E-state index contributed by atoms with van der Waals surface area (Å²) in [5, 5.41) is 9.12. The molecule has 1 heterocycles. The Morgan fingerprint density at radius 2 is 1.94 bits per heavy atom. The van der Waals surface area contributed by atoms with Crippen LogP contribution in [-0.2, 0) is 11.3 Å². The first-order valence-corrected chi connectivity index (χ1v) is 5.91. The van der Waals surface area contributed by atoms with Gasteiger partial charge in [-0.3, -0.25) is 4.79 Å². The van der Waals surface area contributed by atoms with E-state index in [2.05, 4.69) is 6.92 Å². The maximum absolute atomic E-state index is 11.1. The Balaban J connectivity index is 2.48. The van der Waals surface area contributed by atoms with Crippen molar-refractivity contribution in [1.82, 2.24) is 0 Å². The van der Waals surface area contributed by atoms with E-state index in [0.717, 1.165) is 25.7 Å². The zero-order chi connectivity index (χ0) is 11.8. The van der Waals surface area contributed by atoms with Crippen LogP contribution in [0.1, 0.15) is 32.6 Å². The number of hydrogen-bond donors (Lipinski definition) is 1. The van der Waals surface area contributed by atoms with Gasteiger partial charge in [0.05, 0.1) is 0 Å². The van der Waals surface area contributed by atoms with Gasteiger partial charge in [-0.2, -0.15) is 0 Å². The number of rotatable bonds is 7. The van der Waals surface area contributed by atoms with Crippen molar-refractivity contribution in [2.75, 3.05) is 0 Å². The van der Waals surface area contributed by atoms with Gasteiger partial charge < -0.3 is 5.11 Å². The Bertz CT molecular complexity index is 311. The lowest BCUT2D eigenvalue weighted by atomic mass is 10.0. The van der Waals surface area contributed by atoms with E-state index in [-0.39, 0.29) is 5.92 Å². The molecule has 0 saturated heterocycles. The largest absolute Gasteiger partial charge is 0.481 e. The van der Waals surface area contributed by atoms with Crippen LogP contribution in [0.2, 0.25) is 0 Å². The molecule has 0 bridgehead atoms. The van der Waals surface area contributed by atoms with Crippen LogP contribution in [0.4, 0.5) is 0 Å². The van der Waals surface area contributed by atoms with Crippen molar-refractivity contribution in [3.05, 3.63) is 30.6 Å². The maximum Gasteiger partial charge on any atom is 0.312 e. The molecule has 3 heteroatoms. The Morgan fingerprint density at radius 3 is 2.50 bits per heavy atom. The standard InChI is InChI=1S/C13H19NO2/c1-2-3-5-8-12(13(15)16)11-14-9-6-4-7-10-14/h4,6-7,9-10,12H,2-3,5,8,11H2,1H3/p+1. The molecule has 1 unspecified atom stereocenters. The summed E-state index contributed by atoms with van der Waals surface area (Å²) in [5.41, 5.74) is 0. The summed E-state index contributed by atoms with van der Waals surface area (Å²) < 4.78 is 1.94. The first kappa shape index (κ1) is 12.7. The van der Waals surface area contributed by atoms with Crippen LogP contribution in [0, 0.1) is 5.92 Å². The molecule has 0 spiro atoms. The van der Waals surface area contributed by atoms with Crippen LogP contribution < -0.4 is 4.57 Å². The highest BCUT2D eigenvalue weighted by atomic mass is 16.4. The number of unbranched alkanes of at least 4 members (excludes halogenated alkanes) is 2. The molecule has 1 aromatic rings. The number of nitrogens with zero attached hydrogens (tertiary/aromatic N) is 1. The van der Waals surface area contributed by atoms with Crippen molar-refractivity contribution in [3.63, 3.8) is 0 Å². The first-order valence-electron chi connectivity index (χ1n) is 5.91. The van der Waals surface area contributed by atoms with E-state index in [1.165, 1.54) is 0 Å². The molecule has 88 valence electrons. The van der Waals surface area contributed by atoms with Crippen molar-refractivity contribution in [2.24, 2.45) is 5.92 Å². The summed E-state index contributed by atoms with van der Waals surface area (Å²) in [4.78, 5) is 11.1. The molecular weight excluding hydrogens is 202 g/mol. The zero-order valence-corrected chi connectivity index (χ0v) is 9.80. The minimum absolute atomic E-state index is 0.265. The molecule has 3 nitrogen and oxygen atoms in total. The molecule has 0 fully saturated rings.